The lowest BCUT2D eigenvalue weighted by Gasteiger charge is -2.09. The van der Waals surface area contributed by atoms with Crippen LogP contribution in [0.4, 0.5) is 13.2 Å². The molecular formula is C27H22Cl2F3N3O2. The quantitative estimate of drug-likeness (QED) is 0.191. The highest BCUT2D eigenvalue weighted by atomic mass is 35.5. The minimum Gasteiger partial charge on any atom is -0.406 e. The van der Waals surface area contributed by atoms with Gasteiger partial charge in [-0.2, -0.15) is 0 Å². The number of carbonyl (C=O) groups excluding carboxylic acids is 1. The van der Waals surface area contributed by atoms with E-state index in [1.807, 2.05) is 24.3 Å². The van der Waals surface area contributed by atoms with Crippen molar-refractivity contribution in [1.82, 2.24) is 14.8 Å². The maximum absolute atomic E-state index is 12.3. The molecule has 0 saturated heterocycles. The summed E-state index contributed by atoms with van der Waals surface area (Å²) in [5.41, 5.74) is 3.17. The van der Waals surface area contributed by atoms with Crippen LogP contribution in [0.1, 0.15) is 30.4 Å². The monoisotopic (exact) mass is 547 g/mol. The first-order chi connectivity index (χ1) is 17.7. The number of halogens is 5. The minimum atomic E-state index is -4.74. The highest BCUT2D eigenvalue weighted by Gasteiger charge is 2.31. The van der Waals surface area contributed by atoms with Gasteiger partial charge in [-0.1, -0.05) is 53.5 Å². The Morgan fingerprint density at radius 3 is 2.24 bits per heavy atom. The lowest BCUT2D eigenvalue weighted by Crippen LogP contribution is -2.17. The summed E-state index contributed by atoms with van der Waals surface area (Å²) < 4.78 is 42.4. The second kappa shape index (κ2) is 11.8. The lowest BCUT2D eigenvalue weighted by atomic mass is 10.0. The largest absolute Gasteiger partial charge is 0.573 e. The van der Waals surface area contributed by atoms with E-state index in [1.165, 1.54) is 35.3 Å². The van der Waals surface area contributed by atoms with Crippen molar-refractivity contribution >= 4 is 29.0 Å². The molecule has 0 aliphatic rings. The van der Waals surface area contributed by atoms with E-state index in [2.05, 4.69) is 14.8 Å². The van der Waals surface area contributed by atoms with Crippen molar-refractivity contribution in [3.8, 4) is 22.8 Å². The number of rotatable bonds is 10. The second-order valence-corrected chi connectivity index (χ2v) is 9.19. The molecule has 5 nitrogen and oxygen atoms in total. The van der Waals surface area contributed by atoms with E-state index in [1.54, 1.807) is 18.2 Å². The molecule has 0 amide bonds. The van der Waals surface area contributed by atoms with Crippen LogP contribution in [0, 0.1) is 0 Å². The minimum absolute atomic E-state index is 0.106. The fourth-order valence-corrected chi connectivity index (χ4v) is 4.31. The number of aryl methyl sites for hydroxylation is 1. The Balaban J connectivity index is 1.26. The number of carbonyl (C=O) groups is 1. The van der Waals surface area contributed by atoms with Crippen LogP contribution in [0.3, 0.4) is 0 Å². The summed E-state index contributed by atoms with van der Waals surface area (Å²) >= 11 is 12.3. The van der Waals surface area contributed by atoms with E-state index in [0.717, 1.165) is 30.4 Å². The molecule has 3 aromatic carbocycles. The number of ether oxygens (including phenoxy) is 1. The zero-order chi connectivity index (χ0) is 26.4. The topological polar surface area (TPSA) is 57.0 Å². The molecule has 0 radical (unpaired) electrons. The summed E-state index contributed by atoms with van der Waals surface area (Å²) in [5.74, 6) is 0.294. The highest BCUT2D eigenvalue weighted by Crippen LogP contribution is 2.26. The Labute approximate surface area is 221 Å². The van der Waals surface area contributed by atoms with Crippen LogP contribution in [0.15, 0.2) is 73.1 Å². The Hall–Kier alpha value is -3.36. The van der Waals surface area contributed by atoms with E-state index in [-0.39, 0.29) is 18.0 Å². The fourth-order valence-electron chi connectivity index (χ4n) is 3.78. The predicted molar refractivity (Wildman–Crippen MR) is 136 cm³/mol. The molecule has 37 heavy (non-hydrogen) atoms. The van der Waals surface area contributed by atoms with E-state index < -0.39 is 6.36 Å². The molecule has 1 heterocycles. The number of nitrogens with zero attached hydrogens (tertiary/aromatic N) is 3. The smallest absolute Gasteiger partial charge is 0.406 e. The number of Topliss-reactive ketones (excluding diaryl/α,β-unsaturated/α-hetero) is 1. The summed E-state index contributed by atoms with van der Waals surface area (Å²) in [6.45, 7) is 0. The Morgan fingerprint density at radius 2 is 1.59 bits per heavy atom. The normalized spacial score (nSPS) is 11.5. The van der Waals surface area contributed by atoms with Crippen molar-refractivity contribution in [2.24, 2.45) is 0 Å². The van der Waals surface area contributed by atoms with Crippen LogP contribution < -0.4 is 4.74 Å². The van der Waals surface area contributed by atoms with Crippen molar-refractivity contribution in [3.05, 3.63) is 94.2 Å². The third-order valence-electron chi connectivity index (χ3n) is 5.65. The van der Waals surface area contributed by atoms with E-state index in [0.29, 0.717) is 33.5 Å². The van der Waals surface area contributed by atoms with Gasteiger partial charge in [-0.25, -0.2) is 9.67 Å². The lowest BCUT2D eigenvalue weighted by molar-refractivity contribution is -0.274. The van der Waals surface area contributed by atoms with E-state index >= 15 is 0 Å². The molecule has 4 rings (SSSR count). The van der Waals surface area contributed by atoms with Crippen LogP contribution in [0.25, 0.3) is 17.1 Å². The highest BCUT2D eigenvalue weighted by molar-refractivity contribution is 6.36. The van der Waals surface area contributed by atoms with Gasteiger partial charge in [0.25, 0.3) is 0 Å². The Bertz CT molecular complexity index is 1330. The van der Waals surface area contributed by atoms with Gasteiger partial charge in [-0.15, -0.1) is 18.3 Å². The average molecular weight is 548 g/mol. The van der Waals surface area contributed by atoms with Crippen LogP contribution in [-0.4, -0.2) is 26.9 Å². The standard InChI is InChI=1S/C27H22Cl2F3N3O2/c28-24-6-3-7-25(29)23(24)16-21(36)5-2-1-4-18-8-10-19(11-9-18)26-33-17-35(34-26)20-12-14-22(15-13-20)37-27(30,31)32/h3,6-15,17H,1-2,4-5,16H2. The van der Waals surface area contributed by atoms with Crippen LogP contribution >= 0.6 is 23.2 Å². The van der Waals surface area contributed by atoms with E-state index in [9.17, 15) is 18.0 Å². The first kappa shape index (κ1) is 26.7. The van der Waals surface area contributed by atoms with Gasteiger partial charge in [0.2, 0.25) is 0 Å². The SMILES string of the molecule is O=C(CCCCc1ccc(-c2ncn(-c3ccc(OC(F)(F)F)cc3)n2)cc1)Cc1c(Cl)cccc1Cl. The van der Waals surface area contributed by atoms with Gasteiger partial charge >= 0.3 is 6.36 Å². The molecule has 0 bridgehead atoms. The van der Waals surface area contributed by atoms with Crippen LogP contribution in [-0.2, 0) is 17.6 Å². The summed E-state index contributed by atoms with van der Waals surface area (Å²) in [4.78, 5) is 16.6. The molecular weight excluding hydrogens is 526 g/mol. The summed E-state index contributed by atoms with van der Waals surface area (Å²) in [7, 11) is 0. The first-order valence-electron chi connectivity index (χ1n) is 11.5. The van der Waals surface area contributed by atoms with Crippen LogP contribution in [0.2, 0.25) is 10.0 Å². The molecule has 192 valence electrons. The first-order valence-corrected chi connectivity index (χ1v) is 12.3. The number of alkyl halides is 3. The summed E-state index contributed by atoms with van der Waals surface area (Å²) in [6.07, 6.45) is -0.0892. The van der Waals surface area contributed by atoms with Crippen molar-refractivity contribution in [2.75, 3.05) is 0 Å². The number of ketones is 1. The number of benzene rings is 3. The molecule has 0 aliphatic carbocycles. The van der Waals surface area contributed by atoms with Gasteiger partial charge in [0.05, 0.1) is 5.69 Å². The van der Waals surface area contributed by atoms with Gasteiger partial charge in [-0.3, -0.25) is 4.79 Å². The molecule has 0 atom stereocenters. The molecule has 0 aliphatic heterocycles. The maximum Gasteiger partial charge on any atom is 0.573 e. The van der Waals surface area contributed by atoms with Gasteiger partial charge < -0.3 is 4.74 Å². The molecule has 0 fully saturated rings. The fraction of sp³-hybridized carbons (Fsp3) is 0.222. The zero-order valence-electron chi connectivity index (χ0n) is 19.5. The molecule has 0 spiro atoms. The number of hydrogen-bond donors (Lipinski definition) is 0. The third-order valence-corrected chi connectivity index (χ3v) is 6.35. The predicted octanol–water partition coefficient (Wildman–Crippen LogP) is 7.66. The summed E-state index contributed by atoms with van der Waals surface area (Å²) in [5, 5.41) is 5.43. The number of hydrogen-bond acceptors (Lipinski definition) is 4. The van der Waals surface area contributed by atoms with Crippen molar-refractivity contribution in [1.29, 1.82) is 0 Å². The summed E-state index contributed by atoms with van der Waals surface area (Å²) in [6, 6.07) is 18.4. The zero-order valence-corrected chi connectivity index (χ0v) is 21.0. The Morgan fingerprint density at radius 1 is 0.919 bits per heavy atom. The van der Waals surface area contributed by atoms with Crippen molar-refractivity contribution in [3.63, 3.8) is 0 Å². The molecule has 0 N–H and O–H groups in total. The Kier molecular flexibility index (Phi) is 8.51. The van der Waals surface area contributed by atoms with Gasteiger partial charge in [0, 0.05) is 28.5 Å². The second-order valence-electron chi connectivity index (χ2n) is 8.37. The molecule has 4 aromatic rings. The van der Waals surface area contributed by atoms with E-state index in [4.69, 9.17) is 23.2 Å². The molecule has 1 aromatic heterocycles. The number of aromatic nitrogens is 3. The van der Waals surface area contributed by atoms with Gasteiger partial charge in [-0.05, 0) is 66.8 Å². The average Bonchev–Trinajstić information content (AvgIpc) is 3.34. The maximum atomic E-state index is 12.3. The van der Waals surface area contributed by atoms with Gasteiger partial charge in [0.1, 0.15) is 17.9 Å². The number of unbranched alkanes of at least 4 members (excludes halogenated alkanes) is 1. The molecule has 0 saturated carbocycles. The van der Waals surface area contributed by atoms with Crippen molar-refractivity contribution < 1.29 is 22.7 Å². The molecule has 0 unspecified atom stereocenters. The molecule has 10 heteroatoms. The van der Waals surface area contributed by atoms with Crippen LogP contribution in [0.5, 0.6) is 5.75 Å². The van der Waals surface area contributed by atoms with Gasteiger partial charge in [0.15, 0.2) is 5.82 Å². The van der Waals surface area contributed by atoms with Crippen molar-refractivity contribution in [2.45, 2.75) is 38.5 Å². The third kappa shape index (κ3) is 7.57.